The highest BCUT2D eigenvalue weighted by molar-refractivity contribution is 6.42. The quantitative estimate of drug-likeness (QED) is 0.803. The number of Topliss-reactive ketones (excluding diaryl/α,β-unsaturated/α-hetero) is 1. The summed E-state index contributed by atoms with van der Waals surface area (Å²) < 4.78 is 7.12. The number of hydrogen-bond acceptors (Lipinski definition) is 2. The lowest BCUT2D eigenvalue weighted by atomic mass is 10.3. The zero-order chi connectivity index (χ0) is 13.1. The van der Waals surface area contributed by atoms with Crippen molar-refractivity contribution in [3.8, 4) is 5.75 Å². The Morgan fingerprint density at radius 3 is 2.72 bits per heavy atom. The van der Waals surface area contributed by atoms with Gasteiger partial charge in [-0.25, -0.2) is 0 Å². The van der Waals surface area contributed by atoms with Gasteiger partial charge in [0.15, 0.2) is 6.61 Å². The molecule has 2 rings (SSSR count). The number of ketones is 1. The van der Waals surface area contributed by atoms with Crippen LogP contribution in [0.5, 0.6) is 5.75 Å². The minimum absolute atomic E-state index is 0.0715. The maximum absolute atomic E-state index is 11.9. The zero-order valence-corrected chi connectivity index (χ0v) is 11.2. The molecule has 0 spiro atoms. The Morgan fingerprint density at radius 2 is 2.06 bits per heavy atom. The highest BCUT2D eigenvalue weighted by Gasteiger charge is 2.11. The lowest BCUT2D eigenvalue weighted by Crippen LogP contribution is -2.14. The Kier molecular flexibility index (Phi) is 3.94. The Balaban J connectivity index is 2.06. The van der Waals surface area contributed by atoms with Crippen LogP contribution in [-0.4, -0.2) is 17.0 Å². The van der Waals surface area contributed by atoms with E-state index < -0.39 is 0 Å². The highest BCUT2D eigenvalue weighted by Crippen LogP contribution is 2.31. The summed E-state index contributed by atoms with van der Waals surface area (Å²) in [5, 5.41) is 0.722. The molecular weight excluding hydrogens is 273 g/mol. The summed E-state index contributed by atoms with van der Waals surface area (Å²) in [6.07, 6.45) is 1.81. The van der Waals surface area contributed by atoms with Gasteiger partial charge in [0.1, 0.15) is 10.8 Å². The number of ether oxygens (including phenoxy) is 1. The van der Waals surface area contributed by atoms with Crippen LogP contribution >= 0.6 is 23.2 Å². The number of aryl methyl sites for hydroxylation is 1. The molecule has 3 nitrogen and oxygen atoms in total. The fourth-order valence-corrected chi connectivity index (χ4v) is 1.91. The summed E-state index contributed by atoms with van der Waals surface area (Å²) in [4.78, 5) is 11.9. The second-order valence-electron chi connectivity index (χ2n) is 3.77. The number of nitrogens with zero attached hydrogens (tertiary/aromatic N) is 1. The predicted octanol–water partition coefficient (Wildman–Crippen LogP) is 3.59. The molecule has 0 N–H and O–H groups in total. The number of hydrogen-bond donors (Lipinski definition) is 0. The predicted molar refractivity (Wildman–Crippen MR) is 71.7 cm³/mol. The van der Waals surface area contributed by atoms with Gasteiger partial charge in [-0.15, -0.1) is 0 Å². The molecule has 2 aromatic rings. The van der Waals surface area contributed by atoms with Gasteiger partial charge < -0.3 is 9.30 Å². The van der Waals surface area contributed by atoms with Gasteiger partial charge in [0, 0.05) is 13.2 Å². The molecule has 1 heterocycles. The molecule has 1 aromatic carbocycles. The van der Waals surface area contributed by atoms with E-state index in [0.717, 1.165) is 0 Å². The number of carbonyl (C=O) groups excluding carboxylic acids is 1. The molecule has 0 unspecified atom stereocenters. The fraction of sp³-hybridized carbons (Fsp3) is 0.154. The van der Waals surface area contributed by atoms with Gasteiger partial charge in [-0.1, -0.05) is 29.3 Å². The Labute approximate surface area is 115 Å². The molecule has 0 aliphatic heterocycles. The van der Waals surface area contributed by atoms with Crippen molar-refractivity contribution in [2.24, 2.45) is 7.05 Å². The largest absolute Gasteiger partial charge is 0.484 e. The summed E-state index contributed by atoms with van der Waals surface area (Å²) >= 11 is 11.8. The van der Waals surface area contributed by atoms with Crippen LogP contribution in [0.25, 0.3) is 0 Å². The first-order valence-electron chi connectivity index (χ1n) is 5.31. The lowest BCUT2D eigenvalue weighted by Gasteiger charge is -2.08. The van der Waals surface area contributed by atoms with Crippen LogP contribution in [0.4, 0.5) is 0 Å². The molecule has 0 radical (unpaired) electrons. The molecule has 0 fully saturated rings. The highest BCUT2D eigenvalue weighted by atomic mass is 35.5. The summed E-state index contributed by atoms with van der Waals surface area (Å²) in [5.74, 6) is 0.297. The van der Waals surface area contributed by atoms with Crippen molar-refractivity contribution in [2.45, 2.75) is 0 Å². The average molecular weight is 284 g/mol. The standard InChI is InChI=1S/C13H11Cl2NO2/c1-16-7-3-5-10(16)11(17)8-18-12-6-2-4-9(14)13(12)15/h2-7H,8H2,1H3. The number of halogens is 2. The van der Waals surface area contributed by atoms with E-state index in [-0.39, 0.29) is 12.4 Å². The van der Waals surface area contributed by atoms with Crippen LogP contribution in [-0.2, 0) is 7.05 Å². The van der Waals surface area contributed by atoms with E-state index in [2.05, 4.69) is 0 Å². The van der Waals surface area contributed by atoms with Crippen LogP contribution in [0.3, 0.4) is 0 Å². The van der Waals surface area contributed by atoms with Gasteiger partial charge >= 0.3 is 0 Å². The summed E-state index contributed by atoms with van der Waals surface area (Å²) in [5.41, 5.74) is 0.591. The first kappa shape index (κ1) is 13.0. The zero-order valence-electron chi connectivity index (χ0n) is 9.69. The van der Waals surface area contributed by atoms with E-state index in [9.17, 15) is 4.79 Å². The monoisotopic (exact) mass is 283 g/mol. The molecule has 0 atom stereocenters. The van der Waals surface area contributed by atoms with Gasteiger partial charge in [0.25, 0.3) is 0 Å². The van der Waals surface area contributed by atoms with E-state index in [0.29, 0.717) is 21.5 Å². The summed E-state index contributed by atoms with van der Waals surface area (Å²) in [7, 11) is 1.81. The molecule has 18 heavy (non-hydrogen) atoms. The Morgan fingerprint density at radius 1 is 1.28 bits per heavy atom. The van der Waals surface area contributed by atoms with Crippen molar-refractivity contribution < 1.29 is 9.53 Å². The van der Waals surface area contributed by atoms with E-state index in [4.69, 9.17) is 27.9 Å². The van der Waals surface area contributed by atoms with Crippen molar-refractivity contribution >= 4 is 29.0 Å². The molecular formula is C13H11Cl2NO2. The third-order valence-corrected chi connectivity index (χ3v) is 3.31. The molecule has 1 aromatic heterocycles. The van der Waals surface area contributed by atoms with E-state index in [1.807, 2.05) is 0 Å². The molecule has 5 heteroatoms. The maximum atomic E-state index is 11.9. The fourth-order valence-electron chi connectivity index (χ4n) is 1.56. The first-order valence-corrected chi connectivity index (χ1v) is 6.06. The van der Waals surface area contributed by atoms with E-state index >= 15 is 0 Å². The van der Waals surface area contributed by atoms with Crippen molar-refractivity contribution in [1.82, 2.24) is 4.57 Å². The van der Waals surface area contributed by atoms with Crippen LogP contribution in [0, 0.1) is 0 Å². The SMILES string of the molecule is Cn1cccc1C(=O)COc1cccc(Cl)c1Cl. The second-order valence-corrected chi connectivity index (χ2v) is 4.55. The Hall–Kier alpha value is -1.45. The number of carbonyl (C=O) groups is 1. The van der Waals surface area contributed by atoms with Gasteiger partial charge in [0.05, 0.1) is 10.7 Å². The Bertz CT molecular complexity index is 578. The third-order valence-electron chi connectivity index (χ3n) is 2.50. The van der Waals surface area contributed by atoms with Crippen molar-refractivity contribution in [3.05, 3.63) is 52.3 Å². The molecule has 0 aliphatic carbocycles. The molecule has 94 valence electrons. The summed E-state index contributed by atoms with van der Waals surface area (Å²) in [6.45, 7) is -0.0715. The third kappa shape index (κ3) is 2.68. The molecule has 0 saturated carbocycles. The van der Waals surface area contributed by atoms with E-state index in [1.54, 1.807) is 48.1 Å². The van der Waals surface area contributed by atoms with Gasteiger partial charge in [-0.3, -0.25) is 4.79 Å². The van der Waals surface area contributed by atoms with Crippen LogP contribution in [0.15, 0.2) is 36.5 Å². The normalized spacial score (nSPS) is 10.4. The lowest BCUT2D eigenvalue weighted by molar-refractivity contribution is 0.0913. The van der Waals surface area contributed by atoms with Crippen LogP contribution in [0.1, 0.15) is 10.5 Å². The second kappa shape index (κ2) is 5.46. The molecule has 0 aliphatic rings. The van der Waals surface area contributed by atoms with Crippen LogP contribution < -0.4 is 4.74 Å². The average Bonchev–Trinajstić information content (AvgIpc) is 2.77. The molecule has 0 amide bonds. The molecule has 0 saturated heterocycles. The van der Waals surface area contributed by atoms with Crippen molar-refractivity contribution in [3.63, 3.8) is 0 Å². The smallest absolute Gasteiger partial charge is 0.216 e. The van der Waals surface area contributed by atoms with Crippen LogP contribution in [0.2, 0.25) is 10.0 Å². The number of aromatic nitrogens is 1. The minimum Gasteiger partial charge on any atom is -0.484 e. The maximum Gasteiger partial charge on any atom is 0.216 e. The number of benzene rings is 1. The topological polar surface area (TPSA) is 31.2 Å². The summed E-state index contributed by atoms with van der Waals surface area (Å²) in [6, 6.07) is 8.60. The van der Waals surface area contributed by atoms with Crippen molar-refractivity contribution in [2.75, 3.05) is 6.61 Å². The molecule has 0 bridgehead atoms. The van der Waals surface area contributed by atoms with Gasteiger partial charge in [-0.2, -0.15) is 0 Å². The van der Waals surface area contributed by atoms with E-state index in [1.165, 1.54) is 0 Å². The first-order chi connectivity index (χ1) is 8.59. The van der Waals surface area contributed by atoms with Gasteiger partial charge in [-0.05, 0) is 24.3 Å². The number of rotatable bonds is 4. The van der Waals surface area contributed by atoms with Crippen molar-refractivity contribution in [1.29, 1.82) is 0 Å². The van der Waals surface area contributed by atoms with Gasteiger partial charge in [0.2, 0.25) is 5.78 Å². The minimum atomic E-state index is -0.112.